The summed E-state index contributed by atoms with van der Waals surface area (Å²) < 4.78 is 30.4. The van der Waals surface area contributed by atoms with Crippen LogP contribution in [0.4, 0.5) is 5.69 Å². The Balaban J connectivity index is 2.16. The normalized spacial score (nSPS) is 12.0. The zero-order valence-corrected chi connectivity index (χ0v) is 17.8. The highest BCUT2D eigenvalue weighted by atomic mass is 32.2. The monoisotopic (exact) mass is 398 g/mol. The molecule has 27 heavy (non-hydrogen) atoms. The maximum absolute atomic E-state index is 11.9. The number of nitrogens with one attached hydrogen (secondary N) is 2. The third-order valence-electron chi connectivity index (χ3n) is 4.31. The number of methoxy groups -OCH3 is 1. The van der Waals surface area contributed by atoms with Gasteiger partial charge >= 0.3 is 5.97 Å². The Bertz CT molecular complexity index is 664. The average molecular weight is 399 g/mol. The predicted octanol–water partition coefficient (Wildman–Crippen LogP) is 3.48. The molecule has 0 aliphatic rings. The molecule has 1 aromatic carbocycles. The summed E-state index contributed by atoms with van der Waals surface area (Å²) in [6.45, 7) is 6.44. The second-order valence-electron chi connectivity index (χ2n) is 7.62. The van der Waals surface area contributed by atoms with E-state index in [-0.39, 0.29) is 5.97 Å². The fourth-order valence-electron chi connectivity index (χ4n) is 2.41. The zero-order chi connectivity index (χ0) is 20.3. The Morgan fingerprint density at radius 3 is 2.22 bits per heavy atom. The Morgan fingerprint density at radius 2 is 1.63 bits per heavy atom. The van der Waals surface area contributed by atoms with Crippen LogP contribution in [0.1, 0.15) is 58.4 Å². The molecule has 0 fully saturated rings. The van der Waals surface area contributed by atoms with Crippen LogP contribution in [0.5, 0.6) is 0 Å². The number of carbonyl (C=O) groups excluding carboxylic acids is 1. The molecule has 0 bridgehead atoms. The van der Waals surface area contributed by atoms with Crippen molar-refractivity contribution in [1.82, 2.24) is 4.72 Å². The minimum atomic E-state index is -3.24. The summed E-state index contributed by atoms with van der Waals surface area (Å²) >= 11 is 0. The van der Waals surface area contributed by atoms with Crippen molar-refractivity contribution < 1.29 is 17.9 Å². The Kier molecular flexibility index (Phi) is 9.80. The van der Waals surface area contributed by atoms with E-state index in [0.29, 0.717) is 13.0 Å². The summed E-state index contributed by atoms with van der Waals surface area (Å²) in [5.74, 6) is -0.167. The number of aryl methyl sites for hydroxylation is 1. The standard InChI is InChI=1S/C20H34N2O4S/c1-20(2,3)27(24,25)22-16-7-5-6-15-21-18-13-11-17(12-14-18)9-8-10-19(23)26-4/h11-14,21-22H,5-10,15-16H2,1-4H3. The maximum Gasteiger partial charge on any atom is 0.305 e. The van der Waals surface area contributed by atoms with E-state index in [9.17, 15) is 13.2 Å². The van der Waals surface area contributed by atoms with Crippen LogP contribution >= 0.6 is 0 Å². The summed E-state index contributed by atoms with van der Waals surface area (Å²) in [6, 6.07) is 8.23. The molecular weight excluding hydrogens is 364 g/mol. The van der Waals surface area contributed by atoms with Crippen molar-refractivity contribution in [1.29, 1.82) is 0 Å². The summed E-state index contributed by atoms with van der Waals surface area (Å²) in [7, 11) is -1.83. The molecule has 0 atom stereocenters. The summed E-state index contributed by atoms with van der Waals surface area (Å²) in [6.07, 6.45) is 4.88. The van der Waals surface area contributed by atoms with Crippen LogP contribution in [0, 0.1) is 0 Å². The second kappa shape index (κ2) is 11.3. The Labute approximate surface area is 164 Å². The van der Waals surface area contributed by atoms with Gasteiger partial charge < -0.3 is 10.1 Å². The van der Waals surface area contributed by atoms with Crippen LogP contribution in [-0.4, -0.2) is 39.3 Å². The van der Waals surface area contributed by atoms with Gasteiger partial charge in [0.2, 0.25) is 10.0 Å². The summed E-state index contributed by atoms with van der Waals surface area (Å²) in [4.78, 5) is 11.1. The lowest BCUT2D eigenvalue weighted by atomic mass is 10.1. The molecule has 0 heterocycles. The fourth-order valence-corrected chi connectivity index (χ4v) is 3.26. The van der Waals surface area contributed by atoms with Gasteiger partial charge in [0.05, 0.1) is 11.9 Å². The lowest BCUT2D eigenvalue weighted by Crippen LogP contribution is -2.39. The predicted molar refractivity (Wildman–Crippen MR) is 110 cm³/mol. The number of unbranched alkanes of at least 4 members (excludes halogenated alkanes) is 2. The first-order chi connectivity index (χ1) is 12.7. The molecule has 0 spiro atoms. The molecule has 0 aromatic heterocycles. The van der Waals surface area contributed by atoms with E-state index in [1.54, 1.807) is 20.8 Å². The van der Waals surface area contributed by atoms with Gasteiger partial charge in [0.15, 0.2) is 0 Å². The van der Waals surface area contributed by atoms with Crippen LogP contribution in [0.2, 0.25) is 0 Å². The number of sulfonamides is 1. The molecule has 6 nitrogen and oxygen atoms in total. The quantitative estimate of drug-likeness (QED) is 0.416. The van der Waals surface area contributed by atoms with Gasteiger partial charge in [-0.2, -0.15) is 0 Å². The molecule has 0 saturated heterocycles. The van der Waals surface area contributed by atoms with Crippen molar-refractivity contribution in [3.63, 3.8) is 0 Å². The lowest BCUT2D eigenvalue weighted by Gasteiger charge is -2.19. The van der Waals surface area contributed by atoms with Gasteiger partial charge in [-0.05, 0) is 64.2 Å². The molecule has 1 rings (SSSR count). The average Bonchev–Trinajstić information content (AvgIpc) is 2.61. The Hall–Kier alpha value is -1.60. The largest absolute Gasteiger partial charge is 0.469 e. The van der Waals surface area contributed by atoms with E-state index in [1.165, 1.54) is 12.7 Å². The first-order valence-electron chi connectivity index (χ1n) is 9.54. The van der Waals surface area contributed by atoms with Crippen molar-refractivity contribution in [2.24, 2.45) is 0 Å². The third kappa shape index (κ3) is 9.24. The molecule has 0 aliphatic heterocycles. The van der Waals surface area contributed by atoms with Gasteiger partial charge in [-0.3, -0.25) is 4.79 Å². The number of hydrogen-bond acceptors (Lipinski definition) is 5. The number of carbonyl (C=O) groups is 1. The van der Waals surface area contributed by atoms with Crippen LogP contribution in [0.3, 0.4) is 0 Å². The van der Waals surface area contributed by atoms with E-state index in [0.717, 1.165) is 44.3 Å². The fraction of sp³-hybridized carbons (Fsp3) is 0.650. The summed E-state index contributed by atoms with van der Waals surface area (Å²) in [5.41, 5.74) is 2.27. The van der Waals surface area contributed by atoms with E-state index in [4.69, 9.17) is 0 Å². The van der Waals surface area contributed by atoms with Crippen molar-refractivity contribution in [2.45, 2.75) is 64.0 Å². The third-order valence-corrected chi connectivity index (χ3v) is 6.51. The molecule has 0 saturated carbocycles. The number of rotatable bonds is 12. The highest BCUT2D eigenvalue weighted by Gasteiger charge is 2.27. The van der Waals surface area contributed by atoms with Gasteiger partial charge in [0.1, 0.15) is 0 Å². The minimum absolute atomic E-state index is 0.167. The molecule has 0 amide bonds. The smallest absolute Gasteiger partial charge is 0.305 e. The molecule has 0 aliphatic carbocycles. The maximum atomic E-state index is 11.9. The molecule has 2 N–H and O–H groups in total. The molecular formula is C20H34N2O4S. The SMILES string of the molecule is COC(=O)CCCc1ccc(NCCCCCNS(=O)(=O)C(C)(C)C)cc1. The number of ether oxygens (including phenoxy) is 1. The molecule has 1 aromatic rings. The number of esters is 1. The Morgan fingerprint density at radius 1 is 1.00 bits per heavy atom. The molecule has 0 unspecified atom stereocenters. The van der Waals surface area contributed by atoms with Gasteiger partial charge in [0.25, 0.3) is 0 Å². The highest BCUT2D eigenvalue weighted by Crippen LogP contribution is 2.14. The lowest BCUT2D eigenvalue weighted by molar-refractivity contribution is -0.140. The van der Waals surface area contributed by atoms with E-state index < -0.39 is 14.8 Å². The molecule has 154 valence electrons. The van der Waals surface area contributed by atoms with Crippen LogP contribution in [0.15, 0.2) is 24.3 Å². The summed E-state index contributed by atoms with van der Waals surface area (Å²) in [5, 5.41) is 3.37. The van der Waals surface area contributed by atoms with Gasteiger partial charge in [-0.1, -0.05) is 18.6 Å². The van der Waals surface area contributed by atoms with Crippen LogP contribution in [-0.2, 0) is 26.0 Å². The van der Waals surface area contributed by atoms with E-state index in [2.05, 4.69) is 26.9 Å². The van der Waals surface area contributed by atoms with Gasteiger partial charge in [-0.25, -0.2) is 13.1 Å². The molecule has 0 radical (unpaired) electrons. The first-order valence-corrected chi connectivity index (χ1v) is 11.0. The zero-order valence-electron chi connectivity index (χ0n) is 17.0. The highest BCUT2D eigenvalue weighted by molar-refractivity contribution is 7.90. The van der Waals surface area contributed by atoms with Crippen molar-refractivity contribution >= 4 is 21.7 Å². The minimum Gasteiger partial charge on any atom is -0.469 e. The van der Waals surface area contributed by atoms with Gasteiger partial charge in [-0.15, -0.1) is 0 Å². The van der Waals surface area contributed by atoms with Crippen LogP contribution in [0.25, 0.3) is 0 Å². The number of hydrogen-bond donors (Lipinski definition) is 2. The van der Waals surface area contributed by atoms with Crippen molar-refractivity contribution in [3.8, 4) is 0 Å². The number of benzene rings is 1. The van der Waals surface area contributed by atoms with E-state index in [1.807, 2.05) is 12.1 Å². The molecule has 7 heteroatoms. The van der Waals surface area contributed by atoms with E-state index >= 15 is 0 Å². The van der Waals surface area contributed by atoms with Gasteiger partial charge in [0, 0.05) is 25.2 Å². The second-order valence-corrected chi connectivity index (χ2v) is 10.1. The first kappa shape index (κ1) is 23.4. The van der Waals surface area contributed by atoms with Crippen molar-refractivity contribution in [2.75, 3.05) is 25.5 Å². The van der Waals surface area contributed by atoms with Crippen molar-refractivity contribution in [3.05, 3.63) is 29.8 Å². The van der Waals surface area contributed by atoms with Crippen LogP contribution < -0.4 is 10.0 Å². The number of anilines is 1. The topological polar surface area (TPSA) is 84.5 Å².